The summed E-state index contributed by atoms with van der Waals surface area (Å²) in [6.45, 7) is 9.26. The maximum absolute atomic E-state index is 14.9. The molecule has 0 amide bonds. The molecule has 0 saturated carbocycles. The fraction of sp³-hybridized carbons (Fsp3) is 0.633. The van der Waals surface area contributed by atoms with Gasteiger partial charge in [0.05, 0.1) is 18.2 Å². The lowest BCUT2D eigenvalue weighted by atomic mass is 9.88. The van der Waals surface area contributed by atoms with E-state index < -0.39 is 35.3 Å². The number of nitrogens with one attached hydrogen (secondary N) is 1. The summed E-state index contributed by atoms with van der Waals surface area (Å²) in [5, 5.41) is 58.7. The molecule has 18 heteroatoms. The number of hydroxylamine groups is 3. The summed E-state index contributed by atoms with van der Waals surface area (Å²) in [5.74, 6) is 1.31. The van der Waals surface area contributed by atoms with E-state index in [9.17, 15) is 34.1 Å². The second kappa shape index (κ2) is 18.7. The first-order valence-electron chi connectivity index (χ1n) is 24.5. The first kappa shape index (κ1) is 46.6. The number of aryl methyl sites for hydroxylation is 1. The van der Waals surface area contributed by atoms with Crippen molar-refractivity contribution in [3.05, 3.63) is 80.8 Å². The number of benzene rings is 2. The van der Waals surface area contributed by atoms with Gasteiger partial charge in [0.1, 0.15) is 31.4 Å². The number of hydrogen-bond donors (Lipinski definition) is 4. The number of piperidine rings is 3. The highest BCUT2D eigenvalue weighted by molar-refractivity contribution is 5.77. The molecule has 364 valence electrons. The molecule has 7 aliphatic heterocycles. The van der Waals surface area contributed by atoms with Crippen LogP contribution in [0, 0.1) is 5.21 Å². The Hall–Kier alpha value is -4.08. The largest absolute Gasteiger partial charge is 0.630 e. The summed E-state index contributed by atoms with van der Waals surface area (Å²) < 4.78 is 37.2. The number of carbonyl (C=O) groups excluding carboxylic acids is 1. The van der Waals surface area contributed by atoms with Crippen LogP contribution in [0.5, 0.6) is 5.75 Å². The fourth-order valence-corrected chi connectivity index (χ4v) is 12.3. The molecule has 1 aromatic heterocycles. The molecule has 8 heterocycles. The number of ether oxygens (including phenoxy) is 1. The van der Waals surface area contributed by atoms with Crippen molar-refractivity contribution in [2.45, 2.75) is 121 Å². The highest BCUT2D eigenvalue weighted by Gasteiger charge is 2.56. The minimum Gasteiger partial charge on any atom is -0.630 e. The molecule has 3 fully saturated rings. The van der Waals surface area contributed by atoms with Crippen LogP contribution in [0.3, 0.4) is 0 Å². The smallest absolute Gasteiger partial charge is 0.264 e. The Morgan fingerprint density at radius 3 is 2.46 bits per heavy atom. The molecular weight excluding hydrogens is 863 g/mol. The minimum absolute atomic E-state index is 0.00485. The summed E-state index contributed by atoms with van der Waals surface area (Å²) in [4.78, 5) is 21.7. The van der Waals surface area contributed by atoms with Crippen LogP contribution < -0.4 is 15.0 Å². The third-order valence-electron chi connectivity index (χ3n) is 16.4. The van der Waals surface area contributed by atoms with Gasteiger partial charge in [-0.2, -0.15) is 5.10 Å². The Bertz CT molecular complexity index is 2320. The molecule has 5 atom stereocenters. The summed E-state index contributed by atoms with van der Waals surface area (Å²) in [5.41, 5.74) is 5.49. The van der Waals surface area contributed by atoms with E-state index in [1.165, 1.54) is 5.69 Å². The van der Waals surface area contributed by atoms with Crippen molar-refractivity contribution in [3.8, 4) is 5.75 Å². The zero-order valence-electron chi connectivity index (χ0n) is 39.2. The van der Waals surface area contributed by atoms with Crippen LogP contribution in [-0.2, 0) is 30.7 Å². The zero-order valence-corrected chi connectivity index (χ0v) is 39.2. The van der Waals surface area contributed by atoms with Crippen molar-refractivity contribution in [3.63, 3.8) is 0 Å². The number of aldehydes is 1. The highest BCUT2D eigenvalue weighted by atomic mass is 19.3. The third kappa shape index (κ3) is 8.48. The highest BCUT2D eigenvalue weighted by Crippen LogP contribution is 2.50. The molecule has 0 aliphatic carbocycles. The Morgan fingerprint density at radius 2 is 1.78 bits per heavy atom. The number of hydrogen-bond acceptors (Lipinski definition) is 14. The van der Waals surface area contributed by atoms with Crippen molar-refractivity contribution in [1.82, 2.24) is 39.8 Å². The van der Waals surface area contributed by atoms with Gasteiger partial charge in [-0.25, -0.2) is 13.8 Å². The van der Waals surface area contributed by atoms with Gasteiger partial charge in [-0.1, -0.05) is 12.1 Å². The van der Waals surface area contributed by atoms with Crippen LogP contribution in [0.25, 0.3) is 5.57 Å². The van der Waals surface area contributed by atoms with Crippen LogP contribution in [0.1, 0.15) is 110 Å². The number of nitrogens with zero attached hydrogens (tertiary/aromatic N) is 9. The van der Waals surface area contributed by atoms with Crippen molar-refractivity contribution < 1.29 is 38.3 Å². The van der Waals surface area contributed by atoms with E-state index in [4.69, 9.17) is 9.84 Å². The van der Waals surface area contributed by atoms with Gasteiger partial charge in [0.2, 0.25) is 6.23 Å². The first-order chi connectivity index (χ1) is 32.3. The SMILES string of the molecule is CC(O)N1CCc2c(c(N3CCCc4cc(C5=CN(C)N(C)C5)c(C(F)F)cc43)nn2C2CCN(C3CCN(CCOc4cccc5c4C(O)[N+]([O-])(C4(C=O)CCC(O)NC4)C5)CC3)CC2)C1. The molecule has 10 rings (SSSR count). The number of fused-ring (bicyclic) bond motifs is 3. The summed E-state index contributed by atoms with van der Waals surface area (Å²) in [6, 6.07) is 9.86. The molecule has 67 heavy (non-hydrogen) atoms. The van der Waals surface area contributed by atoms with Crippen LogP contribution in [-0.4, -0.2) is 164 Å². The zero-order chi connectivity index (χ0) is 46.8. The summed E-state index contributed by atoms with van der Waals surface area (Å²) in [7, 11) is 3.89. The summed E-state index contributed by atoms with van der Waals surface area (Å²) in [6.07, 6.45) is 4.08. The molecule has 16 nitrogen and oxygen atoms in total. The number of quaternary nitrogens is 1. The fourth-order valence-electron chi connectivity index (χ4n) is 12.3. The van der Waals surface area contributed by atoms with Gasteiger partial charge >= 0.3 is 0 Å². The number of anilines is 2. The van der Waals surface area contributed by atoms with Gasteiger partial charge in [-0.05, 0) is 99.9 Å². The Balaban J connectivity index is 0.774. The number of alkyl halides is 2. The molecule has 0 spiro atoms. The molecule has 2 aromatic carbocycles. The number of likely N-dealkylation sites (N-methyl/N-ethyl adjacent to an activating group) is 1. The van der Waals surface area contributed by atoms with Gasteiger partial charge in [0.25, 0.3) is 6.43 Å². The molecule has 5 unspecified atom stereocenters. The molecular formula is C49H68F2N10O6. The standard InChI is InChI=1S/C49H68F2N10O6/c1-32(63)58-21-14-41-40(28-58)47(59-16-5-7-33-24-38(35-26-54(2)55(3)27-35)39(46(50)51)25-42(33)59)53-60(41)37-12-19-57(20-13-37)36-10-17-56(18-11-36)22-23-67-43-8-4-6-34-29-61(66,48(65)45(34)43)49(31-62)15-9-44(64)52-30-49/h4,6,8,24-26,31-32,36-37,44,46,48,52,63-65H,5,7,9-23,27-30H2,1-3H3. The maximum atomic E-state index is 14.9. The normalized spacial score (nSPS) is 28.7. The van der Waals surface area contributed by atoms with E-state index in [-0.39, 0.29) is 37.5 Å². The quantitative estimate of drug-likeness (QED) is 0.115. The van der Waals surface area contributed by atoms with Crippen molar-refractivity contribution in [2.24, 2.45) is 0 Å². The molecule has 7 aliphatic rings. The third-order valence-corrected chi connectivity index (χ3v) is 16.4. The second-order valence-electron chi connectivity index (χ2n) is 20.2. The average Bonchev–Trinajstić information content (AvgIpc) is 3.98. The van der Waals surface area contributed by atoms with Gasteiger partial charge < -0.3 is 44.7 Å². The van der Waals surface area contributed by atoms with E-state index in [2.05, 4.69) is 29.6 Å². The van der Waals surface area contributed by atoms with Crippen LogP contribution in [0.15, 0.2) is 36.5 Å². The average molecular weight is 931 g/mol. The lowest BCUT2D eigenvalue weighted by Gasteiger charge is -2.55. The van der Waals surface area contributed by atoms with E-state index in [1.807, 2.05) is 48.5 Å². The van der Waals surface area contributed by atoms with Crippen LogP contribution in [0.2, 0.25) is 0 Å². The van der Waals surface area contributed by atoms with Crippen molar-refractivity contribution in [2.75, 3.05) is 84.5 Å². The molecule has 3 saturated heterocycles. The Kier molecular flexibility index (Phi) is 13.0. The number of aromatic nitrogens is 2. The van der Waals surface area contributed by atoms with Gasteiger partial charge in [-0.15, -0.1) is 0 Å². The predicted octanol–water partition coefficient (Wildman–Crippen LogP) is 4.37. The first-order valence-corrected chi connectivity index (χ1v) is 24.5. The number of likely N-dealkylation sites (tertiary alicyclic amines) is 2. The lowest BCUT2D eigenvalue weighted by molar-refractivity contribution is -0.975. The molecule has 3 aromatic rings. The minimum atomic E-state index is -2.62. The summed E-state index contributed by atoms with van der Waals surface area (Å²) >= 11 is 0. The predicted molar refractivity (Wildman–Crippen MR) is 249 cm³/mol. The topological polar surface area (TPSA) is 159 Å². The molecule has 0 radical (unpaired) electrons. The van der Waals surface area contributed by atoms with E-state index in [0.717, 1.165) is 106 Å². The van der Waals surface area contributed by atoms with Gasteiger partial charge in [0.15, 0.2) is 17.6 Å². The van der Waals surface area contributed by atoms with Crippen molar-refractivity contribution >= 4 is 23.4 Å². The number of carbonyl (C=O) groups is 1. The van der Waals surface area contributed by atoms with Gasteiger partial charge in [-0.3, -0.25) is 24.6 Å². The van der Waals surface area contributed by atoms with Crippen molar-refractivity contribution in [1.29, 1.82) is 0 Å². The van der Waals surface area contributed by atoms with E-state index >= 15 is 0 Å². The second-order valence-corrected chi connectivity index (χ2v) is 20.2. The number of rotatable bonds is 12. The van der Waals surface area contributed by atoms with Gasteiger partial charge in [0, 0.05) is 113 Å². The van der Waals surface area contributed by atoms with Crippen LogP contribution >= 0.6 is 0 Å². The number of halogens is 2. The Labute approximate surface area is 392 Å². The number of hydrazine groups is 1. The molecule has 4 N–H and O–H groups in total. The van der Waals surface area contributed by atoms with E-state index in [0.29, 0.717) is 67.6 Å². The van der Waals surface area contributed by atoms with E-state index in [1.54, 1.807) is 19.1 Å². The number of aliphatic hydroxyl groups is 3. The maximum Gasteiger partial charge on any atom is 0.264 e. The Morgan fingerprint density at radius 1 is 1.00 bits per heavy atom. The monoisotopic (exact) mass is 931 g/mol. The number of aliphatic hydroxyl groups excluding tert-OH is 3. The van der Waals surface area contributed by atoms with Crippen LogP contribution in [0.4, 0.5) is 20.3 Å². The molecule has 0 bridgehead atoms. The lowest BCUT2D eigenvalue weighted by Crippen LogP contribution is -2.68.